The van der Waals surface area contributed by atoms with E-state index >= 15 is 0 Å². The van der Waals surface area contributed by atoms with Gasteiger partial charge in [0.05, 0.1) is 17.2 Å². The van der Waals surface area contributed by atoms with Crippen molar-refractivity contribution in [2.24, 2.45) is 0 Å². The molecule has 0 saturated carbocycles. The van der Waals surface area contributed by atoms with Crippen molar-refractivity contribution in [1.82, 2.24) is 4.98 Å². The zero-order valence-electron chi connectivity index (χ0n) is 10.3. The molecule has 0 aliphatic heterocycles. The zero-order valence-corrected chi connectivity index (χ0v) is 11.1. The number of nitrogens with zero attached hydrogens (tertiary/aromatic N) is 1. The Bertz CT molecular complexity index is 491. The molecule has 0 amide bonds. The number of hydrogen-bond acceptors (Lipinski definition) is 4. The van der Waals surface area contributed by atoms with Gasteiger partial charge in [-0.3, -0.25) is 0 Å². The minimum absolute atomic E-state index is 0.697. The van der Waals surface area contributed by atoms with Gasteiger partial charge in [0.2, 0.25) is 0 Å². The molecule has 0 fully saturated rings. The fourth-order valence-corrected chi connectivity index (χ4v) is 2.57. The van der Waals surface area contributed by atoms with Crippen LogP contribution in [-0.2, 0) is 0 Å². The molecule has 0 aliphatic carbocycles. The van der Waals surface area contributed by atoms with Gasteiger partial charge in [0.25, 0.3) is 0 Å². The molecule has 1 N–H and O–H groups in total. The largest absolute Gasteiger partial charge is 0.494 e. The number of rotatable bonds is 4. The zero-order chi connectivity index (χ0) is 12.3. The average molecular weight is 248 g/mol. The maximum atomic E-state index is 5.43. The molecule has 0 aliphatic rings. The molecule has 3 nitrogen and oxygen atoms in total. The van der Waals surface area contributed by atoms with Crippen LogP contribution in [0.5, 0.6) is 5.75 Å². The van der Waals surface area contributed by atoms with Crippen LogP contribution in [0.2, 0.25) is 0 Å². The fraction of sp³-hybridized carbons (Fsp3) is 0.308. The molecule has 0 bridgehead atoms. The van der Waals surface area contributed by atoms with Crippen molar-refractivity contribution in [3.05, 3.63) is 30.0 Å². The molecule has 1 heterocycles. The Hall–Kier alpha value is -1.55. The molecule has 2 aromatic rings. The van der Waals surface area contributed by atoms with Gasteiger partial charge in [-0.15, -0.1) is 0 Å². The van der Waals surface area contributed by atoms with Gasteiger partial charge in [-0.1, -0.05) is 11.3 Å². The lowest BCUT2D eigenvalue weighted by Gasteiger charge is -2.03. The van der Waals surface area contributed by atoms with Crippen LogP contribution in [0.15, 0.2) is 24.3 Å². The summed E-state index contributed by atoms with van der Waals surface area (Å²) in [4.78, 5) is 5.65. The summed E-state index contributed by atoms with van der Waals surface area (Å²) < 4.78 is 5.43. The summed E-state index contributed by atoms with van der Waals surface area (Å²) in [5.41, 5.74) is 2.24. The first-order valence-electron chi connectivity index (χ1n) is 5.63. The topological polar surface area (TPSA) is 34.1 Å². The highest BCUT2D eigenvalue weighted by atomic mass is 32.1. The molecular weight excluding hydrogens is 232 g/mol. The van der Waals surface area contributed by atoms with E-state index in [2.05, 4.69) is 22.4 Å². The van der Waals surface area contributed by atoms with E-state index < -0.39 is 0 Å². The highest BCUT2D eigenvalue weighted by Crippen LogP contribution is 2.33. The van der Waals surface area contributed by atoms with Crippen molar-refractivity contribution in [2.75, 3.05) is 19.0 Å². The molecule has 4 heteroatoms. The second-order valence-corrected chi connectivity index (χ2v) is 4.64. The summed E-state index contributed by atoms with van der Waals surface area (Å²) in [6, 6.07) is 8.14. The third-order valence-corrected chi connectivity index (χ3v) is 3.66. The molecule has 90 valence electrons. The van der Waals surface area contributed by atoms with Gasteiger partial charge in [0.1, 0.15) is 5.75 Å². The maximum Gasteiger partial charge on any atom is 0.183 e. The molecule has 1 aromatic carbocycles. The molecule has 0 saturated heterocycles. The second-order valence-electron chi connectivity index (χ2n) is 3.64. The fourth-order valence-electron chi connectivity index (χ4n) is 1.64. The van der Waals surface area contributed by atoms with E-state index in [4.69, 9.17) is 4.74 Å². The number of aryl methyl sites for hydroxylation is 1. The molecule has 0 radical (unpaired) electrons. The van der Waals surface area contributed by atoms with Crippen LogP contribution < -0.4 is 10.1 Å². The predicted molar refractivity (Wildman–Crippen MR) is 73.0 cm³/mol. The lowest BCUT2D eigenvalue weighted by atomic mass is 10.1. The SMILES string of the molecule is CCOc1ccc(-c2sc(NC)nc2C)cc1. The standard InChI is InChI=1S/C13H16N2OS/c1-4-16-11-7-5-10(6-8-11)12-9(2)15-13(14-3)17-12/h5-8H,4H2,1-3H3,(H,14,15). The van der Waals surface area contributed by atoms with E-state index in [1.165, 1.54) is 10.4 Å². The third kappa shape index (κ3) is 2.58. The summed E-state index contributed by atoms with van der Waals surface area (Å²) in [6.07, 6.45) is 0. The number of ether oxygens (including phenoxy) is 1. The number of aromatic nitrogens is 1. The van der Waals surface area contributed by atoms with Gasteiger partial charge < -0.3 is 10.1 Å². The minimum Gasteiger partial charge on any atom is -0.494 e. The van der Waals surface area contributed by atoms with Gasteiger partial charge in [-0.05, 0) is 43.7 Å². The van der Waals surface area contributed by atoms with Crippen LogP contribution in [0, 0.1) is 6.92 Å². The Kier molecular flexibility index (Phi) is 3.64. The van der Waals surface area contributed by atoms with Crippen LogP contribution in [-0.4, -0.2) is 18.6 Å². The number of anilines is 1. The monoisotopic (exact) mass is 248 g/mol. The lowest BCUT2D eigenvalue weighted by molar-refractivity contribution is 0.340. The smallest absolute Gasteiger partial charge is 0.183 e. The van der Waals surface area contributed by atoms with Gasteiger partial charge in [0.15, 0.2) is 5.13 Å². The summed E-state index contributed by atoms with van der Waals surface area (Å²) in [6.45, 7) is 4.71. The number of benzene rings is 1. The van der Waals surface area contributed by atoms with Crippen LogP contribution in [0.4, 0.5) is 5.13 Å². The molecular formula is C13H16N2OS. The van der Waals surface area contributed by atoms with E-state index in [0.29, 0.717) is 6.61 Å². The number of thiazole rings is 1. The first kappa shape index (κ1) is 11.9. The Balaban J connectivity index is 2.29. The molecule has 17 heavy (non-hydrogen) atoms. The Morgan fingerprint density at radius 1 is 1.29 bits per heavy atom. The van der Waals surface area contributed by atoms with Gasteiger partial charge in [-0.2, -0.15) is 0 Å². The lowest BCUT2D eigenvalue weighted by Crippen LogP contribution is -1.90. The predicted octanol–water partition coefficient (Wildman–Crippen LogP) is 3.56. The molecule has 0 unspecified atom stereocenters. The maximum absolute atomic E-state index is 5.43. The Morgan fingerprint density at radius 2 is 2.00 bits per heavy atom. The first-order chi connectivity index (χ1) is 8.24. The summed E-state index contributed by atoms with van der Waals surface area (Å²) in [5, 5.41) is 4.02. The van der Waals surface area contributed by atoms with Crippen molar-refractivity contribution < 1.29 is 4.74 Å². The normalized spacial score (nSPS) is 10.3. The van der Waals surface area contributed by atoms with Gasteiger partial charge >= 0.3 is 0 Å². The molecule has 2 rings (SSSR count). The second kappa shape index (κ2) is 5.19. The highest BCUT2D eigenvalue weighted by Gasteiger charge is 2.08. The van der Waals surface area contributed by atoms with Crippen LogP contribution in [0.25, 0.3) is 10.4 Å². The van der Waals surface area contributed by atoms with E-state index in [-0.39, 0.29) is 0 Å². The van der Waals surface area contributed by atoms with E-state index in [9.17, 15) is 0 Å². The van der Waals surface area contributed by atoms with Gasteiger partial charge in [0, 0.05) is 7.05 Å². The summed E-state index contributed by atoms with van der Waals surface area (Å²) in [7, 11) is 1.89. The van der Waals surface area contributed by atoms with Crippen molar-refractivity contribution in [2.45, 2.75) is 13.8 Å². The van der Waals surface area contributed by atoms with Gasteiger partial charge in [-0.25, -0.2) is 4.98 Å². The van der Waals surface area contributed by atoms with E-state index in [1.807, 2.05) is 33.0 Å². The third-order valence-electron chi connectivity index (χ3n) is 2.44. The molecule has 0 atom stereocenters. The minimum atomic E-state index is 0.697. The van der Waals surface area contributed by atoms with Crippen molar-refractivity contribution in [3.63, 3.8) is 0 Å². The quantitative estimate of drug-likeness (QED) is 0.898. The number of hydrogen-bond donors (Lipinski definition) is 1. The van der Waals surface area contributed by atoms with E-state index in [1.54, 1.807) is 11.3 Å². The van der Waals surface area contributed by atoms with Crippen LogP contribution in [0.3, 0.4) is 0 Å². The first-order valence-corrected chi connectivity index (χ1v) is 6.44. The number of nitrogens with one attached hydrogen (secondary N) is 1. The molecule has 0 spiro atoms. The van der Waals surface area contributed by atoms with Crippen molar-refractivity contribution in [1.29, 1.82) is 0 Å². The Labute approximate surface area is 105 Å². The highest BCUT2D eigenvalue weighted by molar-refractivity contribution is 7.19. The molecule has 1 aromatic heterocycles. The van der Waals surface area contributed by atoms with Crippen LogP contribution >= 0.6 is 11.3 Å². The van der Waals surface area contributed by atoms with Crippen LogP contribution in [0.1, 0.15) is 12.6 Å². The average Bonchev–Trinajstić information content (AvgIpc) is 2.72. The van der Waals surface area contributed by atoms with E-state index in [0.717, 1.165) is 16.6 Å². The summed E-state index contributed by atoms with van der Waals surface area (Å²) in [5.74, 6) is 0.909. The summed E-state index contributed by atoms with van der Waals surface area (Å²) >= 11 is 1.67. The van der Waals surface area contributed by atoms with Crippen molar-refractivity contribution in [3.8, 4) is 16.2 Å². The Morgan fingerprint density at radius 3 is 2.53 bits per heavy atom. The van der Waals surface area contributed by atoms with Crippen molar-refractivity contribution >= 4 is 16.5 Å².